The molecule has 10 aromatic carbocycles. The first-order valence-corrected chi connectivity index (χ1v) is 20.3. The van der Waals surface area contributed by atoms with Crippen molar-refractivity contribution in [1.29, 1.82) is 0 Å². The second-order valence-corrected chi connectivity index (χ2v) is 16.3. The predicted molar refractivity (Wildman–Crippen MR) is 233 cm³/mol. The molecule has 0 aliphatic rings. The number of phenolic OH excluding ortho intramolecular Hbond substituents is 2. The minimum Gasteiger partial charge on any atom is -0.507 e. The summed E-state index contributed by atoms with van der Waals surface area (Å²) in [6.45, 7) is 0. The Labute approximate surface area is 330 Å². The quantitative estimate of drug-likeness (QED) is 0.177. The van der Waals surface area contributed by atoms with Crippen LogP contribution in [0.15, 0.2) is 204 Å². The molecular formula is C52H34O4S. The molecule has 2 N–H and O–H groups in total. The molecule has 10 rings (SSSR count). The largest absolute Gasteiger partial charge is 0.507 e. The molecule has 0 aliphatic carbocycles. The molecule has 0 aliphatic heterocycles. The summed E-state index contributed by atoms with van der Waals surface area (Å²) in [4.78, 5) is 0.0363. The molecule has 0 bridgehead atoms. The number of hydrogen-bond donors (Lipinski definition) is 2. The highest BCUT2D eigenvalue weighted by Gasteiger charge is 2.27. The average Bonchev–Trinajstić information content (AvgIpc) is 3.26. The monoisotopic (exact) mass is 754 g/mol. The van der Waals surface area contributed by atoms with Gasteiger partial charge in [0.25, 0.3) is 0 Å². The number of hydrogen-bond acceptors (Lipinski definition) is 4. The van der Waals surface area contributed by atoms with Gasteiger partial charge in [0, 0.05) is 22.3 Å². The van der Waals surface area contributed by atoms with Crippen LogP contribution in [0.1, 0.15) is 0 Å². The molecule has 0 fully saturated rings. The first kappa shape index (κ1) is 34.3. The minimum absolute atomic E-state index is 0.0137. The summed E-state index contributed by atoms with van der Waals surface area (Å²) < 4.78 is 31.0. The zero-order valence-corrected chi connectivity index (χ0v) is 31.4. The summed E-state index contributed by atoms with van der Waals surface area (Å²) in [7, 11) is -4.33. The van der Waals surface area contributed by atoms with Gasteiger partial charge in [-0.05, 0) is 89.6 Å². The van der Waals surface area contributed by atoms with Crippen LogP contribution < -0.4 is 0 Å². The van der Waals surface area contributed by atoms with Crippen molar-refractivity contribution in [2.24, 2.45) is 0 Å². The Bertz CT molecular complexity index is 2910. The fraction of sp³-hybridized carbons (Fsp3) is 0. The van der Waals surface area contributed by atoms with Crippen LogP contribution in [0, 0.1) is 0 Å². The van der Waals surface area contributed by atoms with Gasteiger partial charge in [-0.3, -0.25) is 0 Å². The summed E-state index contributed by atoms with van der Waals surface area (Å²) in [6.07, 6.45) is 0. The van der Waals surface area contributed by atoms with Crippen LogP contribution in [0.4, 0.5) is 0 Å². The summed E-state index contributed by atoms with van der Waals surface area (Å²) in [5.74, 6) is -0.0273. The van der Waals surface area contributed by atoms with E-state index in [1.54, 1.807) is 24.3 Å². The maximum atomic E-state index is 15.5. The van der Waals surface area contributed by atoms with Crippen LogP contribution in [0.5, 0.6) is 11.5 Å². The van der Waals surface area contributed by atoms with Gasteiger partial charge in [0.2, 0.25) is 9.84 Å². The lowest BCUT2D eigenvalue weighted by molar-refractivity contribution is 0.478. The summed E-state index contributed by atoms with van der Waals surface area (Å²) in [5, 5.41) is 31.9. The molecule has 0 aromatic heterocycles. The Morgan fingerprint density at radius 3 is 0.772 bits per heavy atom. The molecule has 0 unspecified atom stereocenters. The van der Waals surface area contributed by atoms with E-state index in [0.717, 1.165) is 43.1 Å². The topological polar surface area (TPSA) is 74.6 Å². The van der Waals surface area contributed by atoms with Crippen LogP contribution in [-0.2, 0) is 9.84 Å². The van der Waals surface area contributed by atoms with Gasteiger partial charge in [-0.25, -0.2) is 8.42 Å². The van der Waals surface area contributed by atoms with Crippen molar-refractivity contribution in [3.05, 3.63) is 194 Å². The average molecular weight is 755 g/mol. The maximum absolute atomic E-state index is 15.5. The lowest BCUT2D eigenvalue weighted by Crippen LogP contribution is -2.05. The third kappa shape index (κ3) is 5.71. The molecule has 0 heterocycles. The van der Waals surface area contributed by atoms with Gasteiger partial charge >= 0.3 is 0 Å². The van der Waals surface area contributed by atoms with E-state index in [1.807, 2.05) is 170 Å². The van der Waals surface area contributed by atoms with E-state index in [9.17, 15) is 10.2 Å². The lowest BCUT2D eigenvalue weighted by atomic mass is 9.92. The molecule has 0 saturated carbocycles. The van der Waals surface area contributed by atoms with Crippen LogP contribution >= 0.6 is 0 Å². The Balaban J connectivity index is 1.28. The second-order valence-electron chi connectivity index (χ2n) is 14.3. The first-order chi connectivity index (χ1) is 27.9. The molecule has 272 valence electrons. The van der Waals surface area contributed by atoms with E-state index >= 15 is 8.42 Å². The Morgan fingerprint density at radius 1 is 0.281 bits per heavy atom. The lowest BCUT2D eigenvalue weighted by Gasteiger charge is -2.19. The summed E-state index contributed by atoms with van der Waals surface area (Å²) >= 11 is 0. The number of fused-ring (bicyclic) bond motifs is 4. The standard InChI is InChI=1S/C52H34O4S/c53-51-47(43-25-9-17-33-13-1-5-21-39(33)43)29-37(30-48(51)44-26-10-18-34-14-2-6-22-40(34)44)57(55,56)38-31-49(45-27-11-19-35-15-3-7-23-41(35)45)52(54)50(32-38)46-28-12-20-36-16-4-8-24-42(36)46/h1-32,53-54H. The molecule has 0 spiro atoms. The highest BCUT2D eigenvalue weighted by molar-refractivity contribution is 7.91. The third-order valence-electron chi connectivity index (χ3n) is 11.1. The van der Waals surface area contributed by atoms with E-state index in [-0.39, 0.29) is 21.3 Å². The molecular weight excluding hydrogens is 721 g/mol. The molecule has 4 nitrogen and oxygen atoms in total. The molecule has 0 saturated heterocycles. The van der Waals surface area contributed by atoms with Gasteiger partial charge in [-0.15, -0.1) is 0 Å². The zero-order chi connectivity index (χ0) is 38.7. The number of rotatable bonds is 6. The van der Waals surface area contributed by atoms with E-state index in [2.05, 4.69) is 0 Å². The predicted octanol–water partition coefficient (Wildman–Crippen LogP) is 13.2. The van der Waals surface area contributed by atoms with E-state index in [0.29, 0.717) is 44.5 Å². The molecule has 5 heteroatoms. The van der Waals surface area contributed by atoms with Gasteiger partial charge in [0.15, 0.2) is 0 Å². The highest BCUT2D eigenvalue weighted by Crippen LogP contribution is 2.48. The number of sulfone groups is 1. The van der Waals surface area contributed by atoms with Gasteiger partial charge in [-0.2, -0.15) is 0 Å². The van der Waals surface area contributed by atoms with Crippen molar-refractivity contribution in [2.75, 3.05) is 0 Å². The van der Waals surface area contributed by atoms with Gasteiger partial charge in [0.1, 0.15) is 11.5 Å². The molecule has 0 atom stereocenters. The molecule has 57 heavy (non-hydrogen) atoms. The van der Waals surface area contributed by atoms with Crippen LogP contribution in [0.2, 0.25) is 0 Å². The Kier molecular flexibility index (Phi) is 8.13. The smallest absolute Gasteiger partial charge is 0.206 e. The van der Waals surface area contributed by atoms with Crippen LogP contribution in [0.3, 0.4) is 0 Å². The second kappa shape index (κ2) is 13.5. The molecule has 10 aromatic rings. The van der Waals surface area contributed by atoms with E-state index in [4.69, 9.17) is 0 Å². The van der Waals surface area contributed by atoms with Crippen molar-refractivity contribution in [3.63, 3.8) is 0 Å². The zero-order valence-electron chi connectivity index (χ0n) is 30.6. The van der Waals surface area contributed by atoms with Crippen molar-refractivity contribution in [1.82, 2.24) is 0 Å². The molecule has 0 amide bonds. The van der Waals surface area contributed by atoms with Gasteiger partial charge in [0.05, 0.1) is 9.79 Å². The Morgan fingerprint density at radius 2 is 0.509 bits per heavy atom. The highest BCUT2D eigenvalue weighted by atomic mass is 32.2. The Hall–Kier alpha value is -7.21. The van der Waals surface area contributed by atoms with Crippen molar-refractivity contribution >= 4 is 52.9 Å². The minimum atomic E-state index is -4.33. The maximum Gasteiger partial charge on any atom is 0.206 e. The van der Waals surface area contributed by atoms with Crippen molar-refractivity contribution < 1.29 is 18.6 Å². The normalized spacial score (nSPS) is 11.8. The SMILES string of the molecule is O=S(=O)(c1cc(-c2cccc3ccccc23)c(O)c(-c2cccc3ccccc23)c1)c1cc(-c2cccc3ccccc23)c(O)c(-c2cccc3ccccc23)c1. The fourth-order valence-electron chi connectivity index (χ4n) is 8.32. The number of benzene rings is 10. The van der Waals surface area contributed by atoms with Crippen LogP contribution in [-0.4, -0.2) is 18.6 Å². The summed E-state index contributed by atoms with van der Waals surface area (Å²) in [5.41, 5.74) is 4.45. The number of phenols is 2. The van der Waals surface area contributed by atoms with E-state index < -0.39 is 9.84 Å². The third-order valence-corrected chi connectivity index (χ3v) is 12.8. The van der Waals surface area contributed by atoms with Gasteiger partial charge in [-0.1, -0.05) is 170 Å². The van der Waals surface area contributed by atoms with Crippen LogP contribution in [0.25, 0.3) is 87.6 Å². The fourth-order valence-corrected chi connectivity index (χ4v) is 9.69. The van der Waals surface area contributed by atoms with Crippen molar-refractivity contribution in [3.8, 4) is 56.0 Å². The summed E-state index contributed by atoms with van der Waals surface area (Å²) in [6, 6.07) is 61.2. The number of aromatic hydroxyl groups is 2. The van der Waals surface area contributed by atoms with E-state index in [1.165, 1.54) is 0 Å². The van der Waals surface area contributed by atoms with Crippen molar-refractivity contribution in [2.45, 2.75) is 9.79 Å². The van der Waals surface area contributed by atoms with Gasteiger partial charge < -0.3 is 10.2 Å². The first-order valence-electron chi connectivity index (χ1n) is 18.8. The molecule has 0 radical (unpaired) electrons.